The SMILES string of the molecule is COc1nn(C)cc1C(=O)NC[C@H](c1csc2ccccc12)N(C)C. The monoisotopic (exact) mass is 358 g/mol. The molecular formula is C18H22N4O2S. The molecule has 7 heteroatoms. The number of thiophene rings is 1. The van der Waals surface area contributed by atoms with Crippen molar-refractivity contribution in [3.63, 3.8) is 0 Å². The fourth-order valence-electron chi connectivity index (χ4n) is 2.89. The number of aromatic nitrogens is 2. The summed E-state index contributed by atoms with van der Waals surface area (Å²) in [6.45, 7) is 0.505. The average molecular weight is 358 g/mol. The van der Waals surface area contributed by atoms with Crippen LogP contribution in [0.5, 0.6) is 5.88 Å². The Bertz CT molecular complexity index is 884. The zero-order chi connectivity index (χ0) is 18.0. The number of nitrogens with zero attached hydrogens (tertiary/aromatic N) is 3. The van der Waals surface area contributed by atoms with E-state index >= 15 is 0 Å². The molecule has 0 saturated carbocycles. The van der Waals surface area contributed by atoms with Gasteiger partial charge in [-0.1, -0.05) is 18.2 Å². The molecule has 1 N–H and O–H groups in total. The van der Waals surface area contributed by atoms with Crippen molar-refractivity contribution in [1.29, 1.82) is 0 Å². The van der Waals surface area contributed by atoms with Crippen molar-refractivity contribution in [1.82, 2.24) is 20.0 Å². The van der Waals surface area contributed by atoms with Gasteiger partial charge in [0, 0.05) is 24.5 Å². The quantitative estimate of drug-likeness (QED) is 0.736. The standard InChI is InChI=1S/C18H22N4O2S/c1-21(2)15(14-11-25-16-8-6-5-7-12(14)16)9-19-17(23)13-10-22(3)20-18(13)24-4/h5-8,10-11,15H,9H2,1-4H3,(H,19,23)/t15-/m1/s1. The third-order valence-corrected chi connectivity index (χ3v) is 5.16. The number of aryl methyl sites for hydroxylation is 1. The van der Waals surface area contributed by atoms with Crippen molar-refractivity contribution >= 4 is 27.3 Å². The predicted octanol–water partition coefficient (Wildman–Crippen LogP) is 2.68. The van der Waals surface area contributed by atoms with Gasteiger partial charge in [-0.3, -0.25) is 9.48 Å². The highest BCUT2D eigenvalue weighted by molar-refractivity contribution is 7.17. The van der Waals surface area contributed by atoms with E-state index in [1.54, 1.807) is 29.3 Å². The van der Waals surface area contributed by atoms with Crippen molar-refractivity contribution in [2.75, 3.05) is 27.7 Å². The van der Waals surface area contributed by atoms with Gasteiger partial charge in [0.2, 0.25) is 5.88 Å². The Balaban J connectivity index is 1.80. The van der Waals surface area contributed by atoms with E-state index in [0.717, 1.165) is 0 Å². The summed E-state index contributed by atoms with van der Waals surface area (Å²) in [7, 11) is 7.32. The van der Waals surface area contributed by atoms with Crippen LogP contribution in [0, 0.1) is 0 Å². The number of rotatable bonds is 6. The molecule has 0 spiro atoms. The summed E-state index contributed by atoms with van der Waals surface area (Å²) in [6, 6.07) is 8.43. The highest BCUT2D eigenvalue weighted by Crippen LogP contribution is 2.32. The van der Waals surface area contributed by atoms with E-state index in [1.165, 1.54) is 22.8 Å². The molecule has 2 aromatic heterocycles. The maximum Gasteiger partial charge on any atom is 0.258 e. The lowest BCUT2D eigenvalue weighted by molar-refractivity contribution is 0.0939. The molecule has 0 aliphatic carbocycles. The van der Waals surface area contributed by atoms with Crippen LogP contribution in [0.1, 0.15) is 22.0 Å². The van der Waals surface area contributed by atoms with Crippen molar-refractivity contribution < 1.29 is 9.53 Å². The molecule has 6 nitrogen and oxygen atoms in total. The summed E-state index contributed by atoms with van der Waals surface area (Å²) in [5.74, 6) is 0.152. The van der Waals surface area contributed by atoms with Gasteiger partial charge < -0.3 is 15.0 Å². The number of benzene rings is 1. The number of amides is 1. The Morgan fingerprint density at radius 1 is 1.40 bits per heavy atom. The van der Waals surface area contributed by atoms with Gasteiger partial charge in [0.1, 0.15) is 5.56 Å². The zero-order valence-corrected chi connectivity index (χ0v) is 15.6. The molecule has 1 amide bonds. The van der Waals surface area contributed by atoms with Gasteiger partial charge in [0.15, 0.2) is 0 Å². The van der Waals surface area contributed by atoms with Gasteiger partial charge >= 0.3 is 0 Å². The Kier molecular flexibility index (Phi) is 5.06. The van der Waals surface area contributed by atoms with Crippen molar-refractivity contribution in [3.05, 3.63) is 47.0 Å². The minimum absolute atomic E-state index is 0.0859. The average Bonchev–Trinajstić information content (AvgIpc) is 3.18. The first kappa shape index (κ1) is 17.4. The minimum atomic E-state index is -0.184. The van der Waals surface area contributed by atoms with Crippen LogP contribution in [0.2, 0.25) is 0 Å². The lowest BCUT2D eigenvalue weighted by atomic mass is 10.0. The van der Waals surface area contributed by atoms with E-state index in [4.69, 9.17) is 4.74 Å². The van der Waals surface area contributed by atoms with Gasteiger partial charge in [-0.2, -0.15) is 0 Å². The van der Waals surface area contributed by atoms with Crippen molar-refractivity contribution in [2.24, 2.45) is 7.05 Å². The van der Waals surface area contributed by atoms with E-state index in [-0.39, 0.29) is 11.9 Å². The topological polar surface area (TPSA) is 59.4 Å². The number of methoxy groups -OCH3 is 1. The van der Waals surface area contributed by atoms with Crippen LogP contribution >= 0.6 is 11.3 Å². The maximum atomic E-state index is 12.5. The van der Waals surface area contributed by atoms with Gasteiger partial charge in [-0.25, -0.2) is 0 Å². The number of ether oxygens (including phenoxy) is 1. The number of hydrogen-bond donors (Lipinski definition) is 1. The first-order valence-electron chi connectivity index (χ1n) is 7.99. The van der Waals surface area contributed by atoms with E-state index in [2.05, 4.69) is 32.8 Å². The Morgan fingerprint density at radius 2 is 2.16 bits per heavy atom. The normalized spacial score (nSPS) is 12.5. The number of nitrogens with one attached hydrogen (secondary N) is 1. The maximum absolute atomic E-state index is 12.5. The molecule has 0 radical (unpaired) electrons. The second-order valence-electron chi connectivity index (χ2n) is 6.10. The Labute approximate surface area is 151 Å². The fraction of sp³-hybridized carbons (Fsp3) is 0.333. The summed E-state index contributed by atoms with van der Waals surface area (Å²) in [6.07, 6.45) is 1.67. The van der Waals surface area contributed by atoms with Crippen LogP contribution in [0.25, 0.3) is 10.1 Å². The largest absolute Gasteiger partial charge is 0.479 e. The molecule has 0 aliphatic rings. The first-order chi connectivity index (χ1) is 12.0. The summed E-state index contributed by atoms with van der Waals surface area (Å²) < 4.78 is 8.00. The predicted molar refractivity (Wildman–Crippen MR) is 100 cm³/mol. The van der Waals surface area contributed by atoms with E-state index in [9.17, 15) is 4.79 Å². The number of carbonyl (C=O) groups excluding carboxylic acids is 1. The molecular weight excluding hydrogens is 336 g/mol. The zero-order valence-electron chi connectivity index (χ0n) is 14.8. The summed E-state index contributed by atoms with van der Waals surface area (Å²) >= 11 is 1.73. The molecule has 0 saturated heterocycles. The first-order valence-corrected chi connectivity index (χ1v) is 8.87. The Hall–Kier alpha value is -2.38. The molecule has 3 aromatic rings. The molecule has 25 heavy (non-hydrogen) atoms. The highest BCUT2D eigenvalue weighted by Gasteiger charge is 2.21. The smallest absolute Gasteiger partial charge is 0.258 e. The summed E-state index contributed by atoms with van der Waals surface area (Å²) in [5.41, 5.74) is 1.67. The molecule has 0 fully saturated rings. The third-order valence-electron chi connectivity index (χ3n) is 4.18. The van der Waals surface area contributed by atoms with E-state index in [1.807, 2.05) is 26.2 Å². The summed E-state index contributed by atoms with van der Waals surface area (Å²) in [4.78, 5) is 14.7. The molecule has 0 bridgehead atoms. The molecule has 0 unspecified atom stereocenters. The van der Waals surface area contributed by atoms with E-state index in [0.29, 0.717) is 18.0 Å². The van der Waals surface area contributed by atoms with Crippen LogP contribution < -0.4 is 10.1 Å². The van der Waals surface area contributed by atoms with Crippen LogP contribution in [0.4, 0.5) is 0 Å². The number of carbonyl (C=O) groups is 1. The second-order valence-corrected chi connectivity index (χ2v) is 7.01. The third kappa shape index (κ3) is 3.52. The van der Waals surface area contributed by atoms with Crippen LogP contribution in [0.15, 0.2) is 35.8 Å². The van der Waals surface area contributed by atoms with Gasteiger partial charge in [0.05, 0.1) is 13.2 Å². The van der Waals surface area contributed by atoms with E-state index < -0.39 is 0 Å². The Morgan fingerprint density at radius 3 is 2.88 bits per heavy atom. The lowest BCUT2D eigenvalue weighted by Gasteiger charge is -2.24. The summed E-state index contributed by atoms with van der Waals surface area (Å²) in [5, 5.41) is 10.5. The second kappa shape index (κ2) is 7.25. The fourth-order valence-corrected chi connectivity index (χ4v) is 3.89. The molecule has 0 aliphatic heterocycles. The number of likely N-dealkylation sites (N-methyl/N-ethyl adjacent to an activating group) is 1. The number of fused-ring (bicyclic) bond motifs is 1. The lowest BCUT2D eigenvalue weighted by Crippen LogP contribution is -2.34. The van der Waals surface area contributed by atoms with Crippen LogP contribution in [-0.2, 0) is 7.05 Å². The number of hydrogen-bond acceptors (Lipinski definition) is 5. The highest BCUT2D eigenvalue weighted by atomic mass is 32.1. The van der Waals surface area contributed by atoms with Crippen LogP contribution in [-0.4, -0.2) is 48.3 Å². The molecule has 132 valence electrons. The molecule has 3 rings (SSSR count). The van der Waals surface area contributed by atoms with Gasteiger partial charge in [-0.15, -0.1) is 16.4 Å². The van der Waals surface area contributed by atoms with Crippen molar-refractivity contribution in [2.45, 2.75) is 6.04 Å². The van der Waals surface area contributed by atoms with Gasteiger partial charge in [0.25, 0.3) is 5.91 Å². The van der Waals surface area contributed by atoms with Crippen molar-refractivity contribution in [3.8, 4) is 5.88 Å². The minimum Gasteiger partial charge on any atom is -0.479 e. The molecule has 1 aromatic carbocycles. The molecule has 1 atom stereocenters. The van der Waals surface area contributed by atoms with Crippen LogP contribution in [0.3, 0.4) is 0 Å². The molecule has 2 heterocycles. The van der Waals surface area contributed by atoms with Gasteiger partial charge in [-0.05, 0) is 36.5 Å².